The van der Waals surface area contributed by atoms with Gasteiger partial charge in [0.1, 0.15) is 23.4 Å². The van der Waals surface area contributed by atoms with E-state index in [0.29, 0.717) is 5.65 Å². The van der Waals surface area contributed by atoms with Crippen molar-refractivity contribution in [1.82, 2.24) is 25.3 Å². The smallest absolute Gasteiger partial charge is 0.181 e. The third-order valence-electron chi connectivity index (χ3n) is 2.12. The molecule has 0 radical (unpaired) electrons. The average Bonchev–Trinajstić information content (AvgIpc) is 2.88. The molecule has 6 heteroatoms. The van der Waals surface area contributed by atoms with Gasteiger partial charge in [-0.25, -0.2) is 15.0 Å². The molecule has 14 heavy (non-hydrogen) atoms. The van der Waals surface area contributed by atoms with Crippen LogP contribution < -0.4 is 5.32 Å². The Balaban J connectivity index is 2.24. The Kier molecular flexibility index (Phi) is 1.46. The zero-order valence-corrected chi connectivity index (χ0v) is 7.36. The van der Waals surface area contributed by atoms with Crippen molar-refractivity contribution in [2.24, 2.45) is 4.99 Å². The molecule has 2 N–H and O–H groups in total. The van der Waals surface area contributed by atoms with E-state index in [9.17, 15) is 0 Å². The first kappa shape index (κ1) is 7.43. The fourth-order valence-electron chi connectivity index (χ4n) is 1.50. The van der Waals surface area contributed by atoms with Crippen LogP contribution in [0.25, 0.3) is 11.2 Å². The lowest BCUT2D eigenvalue weighted by Crippen LogP contribution is -2.21. The van der Waals surface area contributed by atoms with E-state index in [0.717, 1.165) is 30.1 Å². The van der Waals surface area contributed by atoms with Gasteiger partial charge in [-0.05, 0) is 0 Å². The summed E-state index contributed by atoms with van der Waals surface area (Å²) in [6.45, 7) is 1.67. The number of amidine groups is 1. The number of H-pyrrole nitrogens is 1. The molecular formula is C8H8N6. The zero-order chi connectivity index (χ0) is 9.38. The molecule has 0 aromatic carbocycles. The lowest BCUT2D eigenvalue weighted by molar-refractivity contribution is 0.958. The number of aromatic nitrogens is 4. The third kappa shape index (κ3) is 0.968. The quantitative estimate of drug-likeness (QED) is 0.644. The Bertz CT molecular complexity index is 499. The second-order valence-corrected chi connectivity index (χ2v) is 2.98. The Morgan fingerprint density at radius 1 is 1.21 bits per heavy atom. The number of hydrogen-bond acceptors (Lipinski definition) is 5. The van der Waals surface area contributed by atoms with Gasteiger partial charge in [0.2, 0.25) is 0 Å². The van der Waals surface area contributed by atoms with E-state index in [1.165, 1.54) is 6.33 Å². The van der Waals surface area contributed by atoms with Crippen LogP contribution in [0.4, 0.5) is 0 Å². The topological polar surface area (TPSA) is 78.9 Å². The number of rotatable bonds is 1. The summed E-state index contributed by atoms with van der Waals surface area (Å²) in [6.07, 6.45) is 3.11. The number of nitrogens with zero attached hydrogens (tertiary/aromatic N) is 4. The predicted molar refractivity (Wildman–Crippen MR) is 51.1 cm³/mol. The van der Waals surface area contributed by atoms with Crippen molar-refractivity contribution >= 4 is 17.0 Å². The minimum Gasteiger partial charge on any atom is -0.367 e. The van der Waals surface area contributed by atoms with Gasteiger partial charge in [-0.3, -0.25) is 4.99 Å². The SMILES string of the molecule is c1nc(C2=NCCN2)c2[nH]cnc2n1. The van der Waals surface area contributed by atoms with Crippen molar-refractivity contribution in [3.8, 4) is 0 Å². The van der Waals surface area contributed by atoms with E-state index in [4.69, 9.17) is 0 Å². The van der Waals surface area contributed by atoms with Gasteiger partial charge in [0.25, 0.3) is 0 Å². The van der Waals surface area contributed by atoms with E-state index in [1.54, 1.807) is 6.33 Å². The molecule has 1 aliphatic heterocycles. The highest BCUT2D eigenvalue weighted by molar-refractivity contribution is 6.05. The summed E-state index contributed by atoms with van der Waals surface area (Å²) in [7, 11) is 0. The average molecular weight is 188 g/mol. The molecule has 0 fully saturated rings. The summed E-state index contributed by atoms with van der Waals surface area (Å²) in [4.78, 5) is 19.6. The first-order valence-electron chi connectivity index (χ1n) is 4.38. The van der Waals surface area contributed by atoms with Crippen LogP contribution in [-0.2, 0) is 0 Å². The first-order chi connectivity index (χ1) is 6.95. The van der Waals surface area contributed by atoms with Gasteiger partial charge in [0.05, 0.1) is 12.9 Å². The molecule has 0 saturated carbocycles. The Morgan fingerprint density at radius 2 is 2.21 bits per heavy atom. The van der Waals surface area contributed by atoms with Crippen LogP contribution in [-0.4, -0.2) is 38.9 Å². The first-order valence-corrected chi connectivity index (χ1v) is 4.38. The molecule has 0 amide bonds. The summed E-state index contributed by atoms with van der Waals surface area (Å²) >= 11 is 0. The number of imidazole rings is 1. The maximum Gasteiger partial charge on any atom is 0.181 e. The third-order valence-corrected chi connectivity index (χ3v) is 2.12. The normalized spacial score (nSPS) is 15.6. The maximum absolute atomic E-state index is 4.30. The van der Waals surface area contributed by atoms with Gasteiger partial charge in [0.15, 0.2) is 5.65 Å². The standard InChI is InChI=1S/C8H8N6/c1-2-10-7(9-1)5-6-8(13-3-11-5)14-4-12-6/h3-4H,1-2H2,(H,9,10)(H,11,12,13,14). The molecule has 70 valence electrons. The van der Waals surface area contributed by atoms with E-state index < -0.39 is 0 Å². The number of fused-ring (bicyclic) bond motifs is 1. The lowest BCUT2D eigenvalue weighted by atomic mass is 10.3. The Hall–Kier alpha value is -1.98. The van der Waals surface area contributed by atoms with Crippen molar-refractivity contribution in [1.29, 1.82) is 0 Å². The molecule has 0 atom stereocenters. The van der Waals surface area contributed by atoms with E-state index in [1.807, 2.05) is 0 Å². The second kappa shape index (κ2) is 2.76. The second-order valence-electron chi connectivity index (χ2n) is 2.98. The maximum atomic E-state index is 4.30. The van der Waals surface area contributed by atoms with Crippen molar-refractivity contribution in [2.75, 3.05) is 13.1 Å². The van der Waals surface area contributed by atoms with Gasteiger partial charge in [-0.15, -0.1) is 0 Å². The largest absolute Gasteiger partial charge is 0.367 e. The van der Waals surface area contributed by atoms with Crippen molar-refractivity contribution < 1.29 is 0 Å². The summed E-state index contributed by atoms with van der Waals surface area (Å²) < 4.78 is 0. The molecule has 6 nitrogen and oxygen atoms in total. The molecule has 3 rings (SSSR count). The van der Waals surface area contributed by atoms with E-state index in [2.05, 4.69) is 30.2 Å². The van der Waals surface area contributed by atoms with Crippen LogP contribution in [0.1, 0.15) is 5.69 Å². The summed E-state index contributed by atoms with van der Waals surface area (Å²) in [6, 6.07) is 0. The number of aliphatic imine (C=N–C) groups is 1. The monoisotopic (exact) mass is 188 g/mol. The van der Waals surface area contributed by atoms with Gasteiger partial charge in [0, 0.05) is 6.54 Å². The van der Waals surface area contributed by atoms with Gasteiger partial charge in [-0.1, -0.05) is 0 Å². The van der Waals surface area contributed by atoms with Crippen molar-refractivity contribution in [3.63, 3.8) is 0 Å². The molecule has 2 aromatic heterocycles. The summed E-state index contributed by atoms with van der Waals surface area (Å²) in [5.41, 5.74) is 2.30. The fraction of sp³-hybridized carbons (Fsp3) is 0.250. The van der Waals surface area contributed by atoms with Crippen LogP contribution in [0.15, 0.2) is 17.6 Å². The van der Waals surface area contributed by atoms with Gasteiger partial charge < -0.3 is 10.3 Å². The van der Waals surface area contributed by atoms with Crippen LogP contribution >= 0.6 is 0 Å². The molecule has 1 aliphatic rings. The number of nitrogens with one attached hydrogen (secondary N) is 2. The van der Waals surface area contributed by atoms with Crippen molar-refractivity contribution in [3.05, 3.63) is 18.3 Å². The fourth-order valence-corrected chi connectivity index (χ4v) is 1.50. The van der Waals surface area contributed by atoms with Crippen LogP contribution in [0, 0.1) is 0 Å². The number of hydrogen-bond donors (Lipinski definition) is 2. The molecule has 0 aliphatic carbocycles. The van der Waals surface area contributed by atoms with Crippen LogP contribution in [0.3, 0.4) is 0 Å². The van der Waals surface area contributed by atoms with E-state index >= 15 is 0 Å². The Labute approximate surface area is 79.5 Å². The Morgan fingerprint density at radius 3 is 3.07 bits per heavy atom. The minimum atomic E-state index is 0.673. The summed E-state index contributed by atoms with van der Waals surface area (Å²) in [5, 5.41) is 3.17. The molecule has 0 bridgehead atoms. The highest BCUT2D eigenvalue weighted by Gasteiger charge is 2.14. The predicted octanol–water partition coefficient (Wildman–Crippen LogP) is -0.297. The van der Waals surface area contributed by atoms with Crippen LogP contribution in [0.2, 0.25) is 0 Å². The molecule has 0 spiro atoms. The van der Waals surface area contributed by atoms with E-state index in [-0.39, 0.29) is 0 Å². The summed E-state index contributed by atoms with van der Waals surface area (Å²) in [5.74, 6) is 0.821. The van der Waals surface area contributed by atoms with Crippen molar-refractivity contribution in [2.45, 2.75) is 0 Å². The molecule has 3 heterocycles. The lowest BCUT2D eigenvalue weighted by Gasteiger charge is -2.00. The molecule has 2 aromatic rings. The molecule has 0 saturated heterocycles. The highest BCUT2D eigenvalue weighted by atomic mass is 15.1. The minimum absolute atomic E-state index is 0.673. The van der Waals surface area contributed by atoms with Crippen LogP contribution in [0.5, 0.6) is 0 Å². The van der Waals surface area contributed by atoms with Gasteiger partial charge >= 0.3 is 0 Å². The molecular weight excluding hydrogens is 180 g/mol. The molecule has 0 unspecified atom stereocenters. The van der Waals surface area contributed by atoms with Gasteiger partial charge in [-0.2, -0.15) is 0 Å². The number of aromatic amines is 1. The highest BCUT2D eigenvalue weighted by Crippen LogP contribution is 2.10. The zero-order valence-electron chi connectivity index (χ0n) is 7.36.